The number of benzene rings is 2. The molecule has 5 nitrogen and oxygen atoms in total. The fraction of sp³-hybridized carbons (Fsp3) is 0.348. The van der Waals surface area contributed by atoms with E-state index in [9.17, 15) is 4.79 Å². The fourth-order valence-electron chi connectivity index (χ4n) is 2.74. The van der Waals surface area contributed by atoms with E-state index < -0.39 is 0 Å². The van der Waals surface area contributed by atoms with Crippen LogP contribution in [0.15, 0.2) is 48.5 Å². The van der Waals surface area contributed by atoms with Crippen molar-refractivity contribution in [1.29, 1.82) is 0 Å². The minimum absolute atomic E-state index is 0.119. The zero-order chi connectivity index (χ0) is 20.4. The highest BCUT2D eigenvalue weighted by Gasteiger charge is 2.04. The summed E-state index contributed by atoms with van der Waals surface area (Å²) in [7, 11) is 3.18. The first-order valence-corrected chi connectivity index (χ1v) is 9.45. The van der Waals surface area contributed by atoms with Crippen LogP contribution in [0.2, 0.25) is 0 Å². The maximum atomic E-state index is 12.0. The Labute approximate surface area is 167 Å². The molecule has 0 radical (unpaired) electrons. The number of ether oxygens (including phenoxy) is 3. The summed E-state index contributed by atoms with van der Waals surface area (Å²) in [5.74, 6) is 2.06. The van der Waals surface area contributed by atoms with Gasteiger partial charge in [0.2, 0.25) is 5.91 Å². The molecular weight excluding hydrogens is 354 g/mol. The van der Waals surface area contributed by atoms with Crippen LogP contribution in [0.1, 0.15) is 31.4 Å². The Kier molecular flexibility index (Phi) is 8.40. The highest BCUT2D eigenvalue weighted by molar-refractivity contribution is 5.91. The smallest absolute Gasteiger partial charge is 0.243 e. The number of rotatable bonds is 10. The summed E-state index contributed by atoms with van der Waals surface area (Å²) in [5, 5.41) is 2.91. The van der Waals surface area contributed by atoms with E-state index in [4.69, 9.17) is 14.2 Å². The molecular formula is C23H29NO4. The van der Waals surface area contributed by atoms with Crippen molar-refractivity contribution < 1.29 is 19.0 Å². The number of hydrogen-bond donors (Lipinski definition) is 1. The molecule has 2 aromatic carbocycles. The largest absolute Gasteiger partial charge is 0.493 e. The molecule has 0 aromatic heterocycles. The molecule has 0 aliphatic heterocycles. The van der Waals surface area contributed by atoms with E-state index in [0.29, 0.717) is 18.0 Å². The molecule has 0 atom stereocenters. The number of carbonyl (C=O) groups is 1. The van der Waals surface area contributed by atoms with Crippen molar-refractivity contribution in [3.63, 3.8) is 0 Å². The minimum Gasteiger partial charge on any atom is -0.493 e. The summed E-state index contributed by atoms with van der Waals surface area (Å²) in [6.07, 6.45) is 5.19. The third-order valence-electron chi connectivity index (χ3n) is 4.05. The SMILES string of the molecule is COc1ccc(/C=C/C(=O)NCCCc2cccc(OC(C)C)c2)cc1OC. The van der Waals surface area contributed by atoms with Crippen LogP contribution in [-0.4, -0.2) is 32.8 Å². The lowest BCUT2D eigenvalue weighted by Crippen LogP contribution is -2.22. The molecule has 2 aromatic rings. The fourth-order valence-corrected chi connectivity index (χ4v) is 2.74. The van der Waals surface area contributed by atoms with Crippen molar-refractivity contribution >= 4 is 12.0 Å². The van der Waals surface area contributed by atoms with Gasteiger partial charge in [-0.2, -0.15) is 0 Å². The molecule has 0 bridgehead atoms. The van der Waals surface area contributed by atoms with Gasteiger partial charge in [0.25, 0.3) is 0 Å². The Balaban J connectivity index is 1.78. The summed E-state index contributed by atoms with van der Waals surface area (Å²) in [4.78, 5) is 12.0. The maximum Gasteiger partial charge on any atom is 0.243 e. The summed E-state index contributed by atoms with van der Waals surface area (Å²) in [6, 6.07) is 13.6. The first-order chi connectivity index (χ1) is 13.5. The second-order valence-electron chi connectivity index (χ2n) is 6.66. The summed E-state index contributed by atoms with van der Waals surface area (Å²) in [6.45, 7) is 4.64. The normalized spacial score (nSPS) is 10.9. The molecule has 1 amide bonds. The molecule has 0 heterocycles. The van der Waals surface area contributed by atoms with Crippen LogP contribution in [0.4, 0.5) is 0 Å². The van der Waals surface area contributed by atoms with Gasteiger partial charge in [0.15, 0.2) is 11.5 Å². The number of amides is 1. The molecule has 1 N–H and O–H groups in total. The maximum absolute atomic E-state index is 12.0. The van der Waals surface area contributed by atoms with Gasteiger partial charge in [-0.15, -0.1) is 0 Å². The van der Waals surface area contributed by atoms with Crippen molar-refractivity contribution in [2.45, 2.75) is 32.8 Å². The standard InChI is InChI=1S/C23H29NO4/c1-17(2)28-20-9-5-7-18(15-20)8-6-14-24-23(25)13-11-19-10-12-21(26-3)22(16-19)27-4/h5,7,9-13,15-17H,6,8,14H2,1-4H3,(H,24,25)/b13-11+. The van der Waals surface area contributed by atoms with Crippen LogP contribution in [-0.2, 0) is 11.2 Å². The molecule has 5 heteroatoms. The number of aryl methyl sites for hydroxylation is 1. The third-order valence-corrected chi connectivity index (χ3v) is 4.05. The average molecular weight is 383 g/mol. The molecule has 150 valence electrons. The number of methoxy groups -OCH3 is 2. The number of hydrogen-bond acceptors (Lipinski definition) is 4. The summed E-state index contributed by atoms with van der Waals surface area (Å²) in [5.41, 5.74) is 2.07. The van der Waals surface area contributed by atoms with E-state index in [1.54, 1.807) is 20.3 Å². The van der Waals surface area contributed by atoms with Gasteiger partial charge >= 0.3 is 0 Å². The monoisotopic (exact) mass is 383 g/mol. The predicted octanol–water partition coefficient (Wildman–Crippen LogP) is 4.25. The van der Waals surface area contributed by atoms with Crippen LogP contribution in [0.25, 0.3) is 6.08 Å². The topological polar surface area (TPSA) is 56.8 Å². The summed E-state index contributed by atoms with van der Waals surface area (Å²) >= 11 is 0. The minimum atomic E-state index is -0.119. The molecule has 0 fully saturated rings. The number of nitrogens with one attached hydrogen (secondary N) is 1. The van der Waals surface area contributed by atoms with Gasteiger partial charge in [-0.05, 0) is 68.2 Å². The van der Waals surface area contributed by atoms with Crippen LogP contribution in [0.5, 0.6) is 17.2 Å². The lowest BCUT2D eigenvalue weighted by Gasteiger charge is -2.11. The highest BCUT2D eigenvalue weighted by atomic mass is 16.5. The van der Waals surface area contributed by atoms with E-state index in [-0.39, 0.29) is 12.0 Å². The predicted molar refractivity (Wildman–Crippen MR) is 112 cm³/mol. The van der Waals surface area contributed by atoms with Crippen molar-refractivity contribution in [3.8, 4) is 17.2 Å². The average Bonchev–Trinajstić information content (AvgIpc) is 2.69. The molecule has 2 rings (SSSR count). The van der Waals surface area contributed by atoms with Gasteiger partial charge in [-0.3, -0.25) is 4.79 Å². The Hall–Kier alpha value is -2.95. The van der Waals surface area contributed by atoms with Gasteiger partial charge < -0.3 is 19.5 Å². The molecule has 0 unspecified atom stereocenters. The Morgan fingerprint density at radius 2 is 1.86 bits per heavy atom. The van der Waals surface area contributed by atoms with Crippen LogP contribution < -0.4 is 19.5 Å². The van der Waals surface area contributed by atoms with Crippen LogP contribution in [0, 0.1) is 0 Å². The van der Waals surface area contributed by atoms with E-state index in [2.05, 4.69) is 17.4 Å². The van der Waals surface area contributed by atoms with E-state index in [0.717, 1.165) is 24.2 Å². The third kappa shape index (κ3) is 6.99. The summed E-state index contributed by atoms with van der Waals surface area (Å²) < 4.78 is 16.2. The first-order valence-electron chi connectivity index (χ1n) is 9.45. The van der Waals surface area contributed by atoms with E-state index >= 15 is 0 Å². The van der Waals surface area contributed by atoms with Crippen molar-refractivity contribution in [2.24, 2.45) is 0 Å². The van der Waals surface area contributed by atoms with Gasteiger partial charge in [-0.25, -0.2) is 0 Å². The second-order valence-corrected chi connectivity index (χ2v) is 6.66. The lowest BCUT2D eigenvalue weighted by molar-refractivity contribution is -0.116. The Morgan fingerprint density at radius 3 is 2.57 bits per heavy atom. The molecule has 0 aliphatic rings. The molecule has 0 spiro atoms. The zero-order valence-corrected chi connectivity index (χ0v) is 17.0. The molecule has 0 saturated heterocycles. The molecule has 28 heavy (non-hydrogen) atoms. The van der Waals surface area contributed by atoms with Crippen molar-refractivity contribution in [1.82, 2.24) is 5.32 Å². The Bertz CT molecular complexity index is 799. The Morgan fingerprint density at radius 1 is 1.07 bits per heavy atom. The number of carbonyl (C=O) groups excluding carboxylic acids is 1. The zero-order valence-electron chi connectivity index (χ0n) is 17.0. The van der Waals surface area contributed by atoms with E-state index in [1.807, 2.05) is 44.2 Å². The van der Waals surface area contributed by atoms with Gasteiger partial charge in [0.1, 0.15) is 5.75 Å². The quantitative estimate of drug-likeness (QED) is 0.492. The van der Waals surface area contributed by atoms with Gasteiger partial charge in [0, 0.05) is 12.6 Å². The lowest BCUT2D eigenvalue weighted by atomic mass is 10.1. The van der Waals surface area contributed by atoms with Crippen LogP contribution >= 0.6 is 0 Å². The van der Waals surface area contributed by atoms with Gasteiger partial charge in [-0.1, -0.05) is 18.2 Å². The first kappa shape index (κ1) is 21.4. The molecule has 0 saturated carbocycles. The molecule has 0 aliphatic carbocycles. The highest BCUT2D eigenvalue weighted by Crippen LogP contribution is 2.27. The van der Waals surface area contributed by atoms with E-state index in [1.165, 1.54) is 11.6 Å². The second kappa shape index (κ2) is 11.0. The van der Waals surface area contributed by atoms with Crippen LogP contribution in [0.3, 0.4) is 0 Å². The van der Waals surface area contributed by atoms with Crippen molar-refractivity contribution in [3.05, 3.63) is 59.7 Å². The van der Waals surface area contributed by atoms with Gasteiger partial charge in [0.05, 0.1) is 20.3 Å². The van der Waals surface area contributed by atoms with Crippen molar-refractivity contribution in [2.75, 3.05) is 20.8 Å².